The number of aromatic hydroxyl groups is 1. The molecule has 0 spiro atoms. The summed E-state index contributed by atoms with van der Waals surface area (Å²) < 4.78 is 0. The Balaban J connectivity index is 2.83. The third-order valence-corrected chi connectivity index (χ3v) is 1.45. The molecule has 0 amide bonds. The summed E-state index contributed by atoms with van der Waals surface area (Å²) in [5, 5.41) is 8.92. The van der Waals surface area contributed by atoms with E-state index >= 15 is 0 Å². The average molecular weight is 175 g/mol. The molecule has 0 saturated carbocycles. The predicted octanol–water partition coefficient (Wildman–Crippen LogP) is 1.24. The van der Waals surface area contributed by atoms with Crippen LogP contribution in [0, 0.1) is 0 Å². The lowest BCUT2D eigenvalue weighted by atomic mass is 10.1. The molecule has 1 N–H and O–H groups in total. The van der Waals surface area contributed by atoms with Gasteiger partial charge in [-0.15, -0.1) is 0 Å². The van der Waals surface area contributed by atoms with Crippen LogP contribution < -0.4 is 0 Å². The summed E-state index contributed by atoms with van der Waals surface area (Å²) in [6, 6.07) is 5.77. The van der Waals surface area contributed by atoms with E-state index in [2.05, 4.69) is 0 Å². The molecule has 0 aliphatic carbocycles. The molecule has 0 aliphatic heterocycles. The van der Waals surface area contributed by atoms with Crippen LogP contribution in [0.5, 0.6) is 5.75 Å². The number of benzene rings is 1. The number of allylic oxidation sites excluding steroid dienone is 2. The van der Waals surface area contributed by atoms with Crippen molar-refractivity contribution in [1.29, 1.82) is 0 Å². The third-order valence-electron chi connectivity index (χ3n) is 1.45. The van der Waals surface area contributed by atoms with Crippen LogP contribution in [0.15, 0.2) is 36.4 Å². The van der Waals surface area contributed by atoms with Crippen molar-refractivity contribution in [3.8, 4) is 5.75 Å². The van der Waals surface area contributed by atoms with E-state index in [-0.39, 0.29) is 11.5 Å². The fourth-order valence-corrected chi connectivity index (χ4v) is 0.832. The highest BCUT2D eigenvalue weighted by Gasteiger charge is 1.99. The van der Waals surface area contributed by atoms with Gasteiger partial charge in [0.2, 0.25) is 6.29 Å². The molecule has 65 valence electrons. The molecule has 0 heterocycles. The van der Waals surface area contributed by atoms with E-state index in [1.165, 1.54) is 30.6 Å². The zero-order chi connectivity index (χ0) is 9.68. The SMILES string of the molecule is O=[C]C=CC(=O)c1ccc(O)cc1. The first-order valence-corrected chi connectivity index (χ1v) is 3.61. The van der Waals surface area contributed by atoms with Crippen LogP contribution in [0.2, 0.25) is 0 Å². The lowest BCUT2D eigenvalue weighted by molar-refractivity contribution is 0.104. The van der Waals surface area contributed by atoms with Crippen LogP contribution in [0.4, 0.5) is 0 Å². The van der Waals surface area contributed by atoms with Crippen molar-refractivity contribution in [2.45, 2.75) is 0 Å². The number of hydrogen-bond acceptors (Lipinski definition) is 3. The van der Waals surface area contributed by atoms with E-state index in [1.54, 1.807) is 0 Å². The highest BCUT2D eigenvalue weighted by molar-refractivity contribution is 6.05. The number of phenols is 1. The van der Waals surface area contributed by atoms with E-state index in [4.69, 9.17) is 5.11 Å². The third kappa shape index (κ3) is 2.56. The minimum Gasteiger partial charge on any atom is -0.508 e. The normalized spacial score (nSPS) is 10.2. The van der Waals surface area contributed by atoms with Gasteiger partial charge in [0.05, 0.1) is 0 Å². The maximum atomic E-state index is 11.2. The van der Waals surface area contributed by atoms with Gasteiger partial charge in [0.1, 0.15) is 5.75 Å². The maximum absolute atomic E-state index is 11.2. The van der Waals surface area contributed by atoms with Gasteiger partial charge in [-0.1, -0.05) is 0 Å². The van der Waals surface area contributed by atoms with Crippen molar-refractivity contribution in [1.82, 2.24) is 0 Å². The Bertz CT molecular complexity index is 336. The molecular weight excluding hydrogens is 168 g/mol. The summed E-state index contributed by atoms with van der Waals surface area (Å²) in [4.78, 5) is 21.0. The molecule has 0 fully saturated rings. The van der Waals surface area contributed by atoms with E-state index in [1.807, 2.05) is 0 Å². The quantitative estimate of drug-likeness (QED) is 0.555. The summed E-state index contributed by atoms with van der Waals surface area (Å²) >= 11 is 0. The Labute approximate surface area is 75.3 Å². The van der Waals surface area contributed by atoms with Crippen LogP contribution in [0.1, 0.15) is 10.4 Å². The van der Waals surface area contributed by atoms with Crippen molar-refractivity contribution in [2.24, 2.45) is 0 Å². The first kappa shape index (κ1) is 9.19. The fraction of sp³-hybridized carbons (Fsp3) is 0. The number of rotatable bonds is 3. The maximum Gasteiger partial charge on any atom is 0.225 e. The van der Waals surface area contributed by atoms with Gasteiger partial charge in [0.25, 0.3) is 0 Å². The van der Waals surface area contributed by atoms with E-state index < -0.39 is 0 Å². The lowest BCUT2D eigenvalue weighted by Gasteiger charge is -1.94. The molecule has 0 saturated heterocycles. The molecular formula is C10H7O3. The molecule has 1 aromatic rings. The smallest absolute Gasteiger partial charge is 0.225 e. The van der Waals surface area contributed by atoms with Gasteiger partial charge in [-0.2, -0.15) is 0 Å². The number of phenolic OH excluding ortho intramolecular Hbond substituents is 1. The zero-order valence-electron chi connectivity index (χ0n) is 6.73. The average Bonchev–Trinajstić information content (AvgIpc) is 2.15. The summed E-state index contributed by atoms with van der Waals surface area (Å²) in [5.41, 5.74) is 0.421. The van der Waals surface area contributed by atoms with Crippen molar-refractivity contribution in [3.05, 3.63) is 42.0 Å². The van der Waals surface area contributed by atoms with Gasteiger partial charge < -0.3 is 5.11 Å². The number of carbonyl (C=O) groups is 1. The van der Waals surface area contributed by atoms with Crippen LogP contribution in [-0.2, 0) is 4.79 Å². The highest BCUT2D eigenvalue weighted by Crippen LogP contribution is 2.10. The molecule has 1 aromatic carbocycles. The van der Waals surface area contributed by atoms with Gasteiger partial charge in [0.15, 0.2) is 5.78 Å². The van der Waals surface area contributed by atoms with Crippen LogP contribution in [-0.4, -0.2) is 17.2 Å². The standard InChI is InChI=1S/C10H7O3/c11-7-1-2-10(13)8-3-5-9(12)6-4-8/h1-6,12H. The molecule has 0 bridgehead atoms. The Morgan fingerprint density at radius 1 is 1.31 bits per heavy atom. The Hall–Kier alpha value is -1.90. The second-order valence-electron chi connectivity index (χ2n) is 2.36. The summed E-state index contributed by atoms with van der Waals surface area (Å²) in [6.45, 7) is 0. The van der Waals surface area contributed by atoms with Crippen molar-refractivity contribution in [2.75, 3.05) is 0 Å². The van der Waals surface area contributed by atoms with Gasteiger partial charge in [0, 0.05) is 5.56 Å². The van der Waals surface area contributed by atoms with Gasteiger partial charge in [-0.05, 0) is 36.4 Å². The van der Waals surface area contributed by atoms with Crippen LogP contribution >= 0.6 is 0 Å². The number of carbonyl (C=O) groups excluding carboxylic acids is 2. The minimum absolute atomic E-state index is 0.0995. The summed E-state index contributed by atoms with van der Waals surface area (Å²) in [5.74, 6) is -0.189. The Morgan fingerprint density at radius 3 is 2.46 bits per heavy atom. The monoisotopic (exact) mass is 175 g/mol. The summed E-state index contributed by atoms with van der Waals surface area (Å²) in [6.07, 6.45) is 3.61. The molecule has 3 nitrogen and oxygen atoms in total. The van der Waals surface area contributed by atoms with Crippen LogP contribution in [0.3, 0.4) is 0 Å². The van der Waals surface area contributed by atoms with Gasteiger partial charge >= 0.3 is 0 Å². The zero-order valence-corrected chi connectivity index (χ0v) is 6.73. The first-order chi connectivity index (χ1) is 6.24. The van der Waals surface area contributed by atoms with Crippen molar-refractivity contribution < 1.29 is 14.7 Å². The second-order valence-corrected chi connectivity index (χ2v) is 2.36. The topological polar surface area (TPSA) is 54.4 Å². The van der Waals surface area contributed by atoms with Crippen LogP contribution in [0.25, 0.3) is 0 Å². The predicted molar refractivity (Wildman–Crippen MR) is 47.3 cm³/mol. The van der Waals surface area contributed by atoms with Crippen molar-refractivity contribution >= 4 is 12.1 Å². The Morgan fingerprint density at radius 2 is 1.92 bits per heavy atom. The van der Waals surface area contributed by atoms with Gasteiger partial charge in [-0.3, -0.25) is 9.59 Å². The minimum atomic E-state index is -0.289. The molecule has 0 atom stereocenters. The van der Waals surface area contributed by atoms with E-state index in [0.29, 0.717) is 5.56 Å². The number of hydrogen-bond donors (Lipinski definition) is 1. The Kier molecular flexibility index (Phi) is 2.97. The molecule has 3 heteroatoms. The highest BCUT2D eigenvalue weighted by atomic mass is 16.3. The van der Waals surface area contributed by atoms with Crippen molar-refractivity contribution in [3.63, 3.8) is 0 Å². The number of ketones is 1. The molecule has 0 aliphatic rings. The van der Waals surface area contributed by atoms with E-state index in [0.717, 1.165) is 12.2 Å². The van der Waals surface area contributed by atoms with Gasteiger partial charge in [-0.25, -0.2) is 0 Å². The van der Waals surface area contributed by atoms with E-state index in [9.17, 15) is 9.59 Å². The fourth-order valence-electron chi connectivity index (χ4n) is 0.832. The largest absolute Gasteiger partial charge is 0.508 e. The molecule has 13 heavy (non-hydrogen) atoms. The molecule has 0 unspecified atom stereocenters. The molecule has 0 aromatic heterocycles. The first-order valence-electron chi connectivity index (χ1n) is 3.61. The second kappa shape index (κ2) is 4.21. The summed E-state index contributed by atoms with van der Waals surface area (Å²) in [7, 11) is 0. The lowest BCUT2D eigenvalue weighted by Crippen LogP contribution is -1.92. The molecule has 1 radical (unpaired) electrons. The molecule has 1 rings (SSSR count).